The van der Waals surface area contributed by atoms with Gasteiger partial charge in [0.1, 0.15) is 0 Å². The van der Waals surface area contributed by atoms with Crippen LogP contribution in [-0.2, 0) is 7.05 Å². The van der Waals surface area contributed by atoms with Crippen molar-refractivity contribution in [3.63, 3.8) is 0 Å². The summed E-state index contributed by atoms with van der Waals surface area (Å²) in [7, 11) is 1.84. The maximum absolute atomic E-state index is 10.6. The number of aryl methyl sites for hydroxylation is 1. The SMILES string of the molecule is Cn1cc(C2C=CC=CC2)nc1C=O. The quantitative estimate of drug-likeness (QED) is 0.664. The first-order chi connectivity index (χ1) is 6.81. The van der Waals surface area contributed by atoms with Crippen LogP contribution >= 0.6 is 0 Å². The van der Waals surface area contributed by atoms with Crippen LogP contribution in [0.5, 0.6) is 0 Å². The van der Waals surface area contributed by atoms with Crippen LogP contribution in [0.1, 0.15) is 28.7 Å². The predicted molar refractivity (Wildman–Crippen MR) is 54.2 cm³/mol. The average Bonchev–Trinajstić information content (AvgIpc) is 2.61. The van der Waals surface area contributed by atoms with E-state index in [0.29, 0.717) is 11.7 Å². The lowest BCUT2D eigenvalue weighted by molar-refractivity contribution is 0.111. The molecule has 2 rings (SSSR count). The smallest absolute Gasteiger partial charge is 0.185 e. The van der Waals surface area contributed by atoms with Gasteiger partial charge in [0.15, 0.2) is 12.1 Å². The standard InChI is InChI=1S/C11H12N2O/c1-13-7-10(12-11(13)8-14)9-5-3-2-4-6-9/h2-5,7-9H,6H2,1H3. The van der Waals surface area contributed by atoms with Crippen LogP contribution in [0.15, 0.2) is 30.5 Å². The van der Waals surface area contributed by atoms with E-state index in [1.54, 1.807) is 4.57 Å². The number of carbonyl (C=O) groups excluding carboxylic acids is 1. The van der Waals surface area contributed by atoms with Crippen LogP contribution < -0.4 is 0 Å². The number of hydrogen-bond acceptors (Lipinski definition) is 2. The second-order valence-corrected chi connectivity index (χ2v) is 3.41. The van der Waals surface area contributed by atoms with E-state index < -0.39 is 0 Å². The first-order valence-electron chi connectivity index (χ1n) is 4.63. The molecule has 0 amide bonds. The fourth-order valence-electron chi connectivity index (χ4n) is 1.59. The molecule has 1 aromatic heterocycles. The van der Waals surface area contributed by atoms with Gasteiger partial charge in [0.25, 0.3) is 0 Å². The molecule has 72 valence electrons. The molecule has 1 heterocycles. The molecule has 1 unspecified atom stereocenters. The zero-order valence-corrected chi connectivity index (χ0v) is 8.05. The molecule has 0 aromatic carbocycles. The lowest BCUT2D eigenvalue weighted by Crippen LogP contribution is -1.96. The molecule has 0 saturated heterocycles. The molecule has 0 spiro atoms. The molecule has 14 heavy (non-hydrogen) atoms. The highest BCUT2D eigenvalue weighted by Gasteiger charge is 2.13. The van der Waals surface area contributed by atoms with Crippen LogP contribution in [0.3, 0.4) is 0 Å². The molecule has 0 N–H and O–H groups in total. The van der Waals surface area contributed by atoms with Crippen molar-refractivity contribution in [2.24, 2.45) is 7.05 Å². The Bertz CT molecular complexity index is 401. The van der Waals surface area contributed by atoms with Crippen LogP contribution in [0.2, 0.25) is 0 Å². The number of hydrogen-bond donors (Lipinski definition) is 0. The van der Waals surface area contributed by atoms with Gasteiger partial charge in [0.2, 0.25) is 0 Å². The van der Waals surface area contributed by atoms with E-state index in [0.717, 1.165) is 18.4 Å². The molecule has 0 radical (unpaired) electrons. The monoisotopic (exact) mass is 188 g/mol. The third-order valence-electron chi connectivity index (χ3n) is 2.40. The van der Waals surface area contributed by atoms with Crippen molar-refractivity contribution in [1.82, 2.24) is 9.55 Å². The molecule has 0 saturated carbocycles. The van der Waals surface area contributed by atoms with Crippen molar-refractivity contribution in [3.05, 3.63) is 42.0 Å². The highest BCUT2D eigenvalue weighted by Crippen LogP contribution is 2.23. The molecular formula is C11H12N2O. The summed E-state index contributed by atoms with van der Waals surface area (Å²) in [6, 6.07) is 0. The molecule has 0 fully saturated rings. The summed E-state index contributed by atoms with van der Waals surface area (Å²) in [6.07, 6.45) is 11.9. The summed E-state index contributed by atoms with van der Waals surface area (Å²) < 4.78 is 1.76. The molecule has 1 aromatic rings. The fourth-order valence-corrected chi connectivity index (χ4v) is 1.59. The Hall–Kier alpha value is -1.64. The highest BCUT2D eigenvalue weighted by atomic mass is 16.1. The number of carbonyl (C=O) groups is 1. The minimum Gasteiger partial charge on any atom is -0.332 e. The summed E-state index contributed by atoms with van der Waals surface area (Å²) in [4.78, 5) is 14.9. The normalized spacial score (nSPS) is 19.9. The number of rotatable bonds is 2. The molecular weight excluding hydrogens is 176 g/mol. The number of nitrogens with zero attached hydrogens (tertiary/aromatic N) is 2. The third-order valence-corrected chi connectivity index (χ3v) is 2.40. The summed E-state index contributed by atoms with van der Waals surface area (Å²) in [5.74, 6) is 0.808. The average molecular weight is 188 g/mol. The van der Waals surface area contributed by atoms with Crippen molar-refractivity contribution >= 4 is 6.29 Å². The molecule has 1 aliphatic carbocycles. The Morgan fingerprint density at radius 2 is 2.43 bits per heavy atom. The Balaban J connectivity index is 2.28. The Kier molecular flexibility index (Phi) is 2.31. The fraction of sp³-hybridized carbons (Fsp3) is 0.273. The molecule has 1 atom stereocenters. The number of allylic oxidation sites excluding steroid dienone is 4. The van der Waals surface area contributed by atoms with Crippen molar-refractivity contribution in [1.29, 1.82) is 0 Å². The zero-order chi connectivity index (χ0) is 9.97. The van der Waals surface area contributed by atoms with Crippen molar-refractivity contribution < 1.29 is 4.79 Å². The topological polar surface area (TPSA) is 34.9 Å². The molecule has 3 nitrogen and oxygen atoms in total. The van der Waals surface area contributed by atoms with Crippen molar-refractivity contribution in [3.8, 4) is 0 Å². The second kappa shape index (κ2) is 3.62. The van der Waals surface area contributed by atoms with Gasteiger partial charge in [-0.3, -0.25) is 4.79 Å². The minimum atomic E-state index is 0.319. The minimum absolute atomic E-state index is 0.319. The van der Waals surface area contributed by atoms with Gasteiger partial charge < -0.3 is 4.57 Å². The summed E-state index contributed by atoms with van der Waals surface area (Å²) in [5.41, 5.74) is 0.968. The predicted octanol–water partition coefficient (Wildman–Crippen LogP) is 1.83. The first kappa shape index (κ1) is 8.94. The van der Waals surface area contributed by atoms with E-state index in [1.807, 2.05) is 25.4 Å². The van der Waals surface area contributed by atoms with Gasteiger partial charge in [-0.2, -0.15) is 0 Å². The summed E-state index contributed by atoms with van der Waals surface area (Å²) in [6.45, 7) is 0. The molecule has 0 bridgehead atoms. The van der Waals surface area contributed by atoms with Crippen LogP contribution in [-0.4, -0.2) is 15.8 Å². The van der Waals surface area contributed by atoms with Crippen LogP contribution in [0.25, 0.3) is 0 Å². The van der Waals surface area contributed by atoms with Gasteiger partial charge in [0, 0.05) is 19.2 Å². The number of aldehydes is 1. The van der Waals surface area contributed by atoms with Gasteiger partial charge in [-0.1, -0.05) is 24.3 Å². The maximum Gasteiger partial charge on any atom is 0.185 e. The van der Waals surface area contributed by atoms with Crippen LogP contribution in [0.4, 0.5) is 0 Å². The van der Waals surface area contributed by atoms with E-state index in [9.17, 15) is 4.79 Å². The molecule has 3 heteroatoms. The Morgan fingerprint density at radius 3 is 3.00 bits per heavy atom. The summed E-state index contributed by atoms with van der Waals surface area (Å²) >= 11 is 0. The van der Waals surface area contributed by atoms with Gasteiger partial charge in [-0.25, -0.2) is 4.98 Å². The van der Waals surface area contributed by atoms with Gasteiger partial charge in [-0.05, 0) is 6.42 Å². The van der Waals surface area contributed by atoms with E-state index in [2.05, 4.69) is 17.1 Å². The van der Waals surface area contributed by atoms with E-state index in [4.69, 9.17) is 0 Å². The van der Waals surface area contributed by atoms with Crippen LogP contribution in [0, 0.1) is 0 Å². The summed E-state index contributed by atoms with van der Waals surface area (Å²) in [5, 5.41) is 0. The lowest BCUT2D eigenvalue weighted by atomic mass is 9.98. The number of aromatic nitrogens is 2. The van der Waals surface area contributed by atoms with Crippen molar-refractivity contribution in [2.45, 2.75) is 12.3 Å². The highest BCUT2D eigenvalue weighted by molar-refractivity contribution is 5.69. The Morgan fingerprint density at radius 1 is 1.57 bits per heavy atom. The third kappa shape index (κ3) is 1.53. The first-order valence-corrected chi connectivity index (χ1v) is 4.63. The second-order valence-electron chi connectivity index (χ2n) is 3.41. The maximum atomic E-state index is 10.6. The van der Waals surface area contributed by atoms with Gasteiger partial charge in [-0.15, -0.1) is 0 Å². The lowest BCUT2D eigenvalue weighted by Gasteiger charge is -2.08. The molecule has 0 aliphatic heterocycles. The van der Waals surface area contributed by atoms with E-state index >= 15 is 0 Å². The van der Waals surface area contributed by atoms with E-state index in [1.165, 1.54) is 0 Å². The largest absolute Gasteiger partial charge is 0.332 e. The Labute approximate surface area is 82.8 Å². The van der Waals surface area contributed by atoms with E-state index in [-0.39, 0.29) is 0 Å². The van der Waals surface area contributed by atoms with Gasteiger partial charge >= 0.3 is 0 Å². The van der Waals surface area contributed by atoms with Crippen molar-refractivity contribution in [2.75, 3.05) is 0 Å². The number of imidazole rings is 1. The zero-order valence-electron chi connectivity index (χ0n) is 8.05. The van der Waals surface area contributed by atoms with Gasteiger partial charge in [0.05, 0.1) is 5.69 Å². The molecule has 1 aliphatic rings.